The van der Waals surface area contributed by atoms with Crippen LogP contribution in [0, 0.1) is 6.92 Å². The molecule has 0 unspecified atom stereocenters. The van der Waals surface area contributed by atoms with Crippen LogP contribution in [0.3, 0.4) is 0 Å². The van der Waals surface area contributed by atoms with Crippen molar-refractivity contribution in [2.24, 2.45) is 10.7 Å². The molecule has 0 heterocycles. The van der Waals surface area contributed by atoms with Crippen LogP contribution in [0.15, 0.2) is 58.4 Å². The van der Waals surface area contributed by atoms with Crippen LogP contribution in [-0.2, 0) is 16.6 Å². The number of anilines is 1. The molecule has 0 radical (unpaired) electrons. The lowest BCUT2D eigenvalue weighted by atomic mass is 10.2. The maximum absolute atomic E-state index is 12.1. The summed E-state index contributed by atoms with van der Waals surface area (Å²) in [5, 5.41) is 3.03. The van der Waals surface area contributed by atoms with E-state index in [1.165, 1.54) is 5.56 Å². The lowest BCUT2D eigenvalue weighted by molar-refractivity contribution is 0.581. The Morgan fingerprint density at radius 2 is 1.76 bits per heavy atom. The van der Waals surface area contributed by atoms with Gasteiger partial charge in [0.2, 0.25) is 10.0 Å². The minimum atomic E-state index is -3.41. The second-order valence-electron chi connectivity index (χ2n) is 6.23. The van der Waals surface area contributed by atoms with Gasteiger partial charge in [-0.05, 0) is 49.6 Å². The summed E-state index contributed by atoms with van der Waals surface area (Å²) in [5.41, 5.74) is 8.82. The highest BCUT2D eigenvalue weighted by atomic mass is 32.2. The largest absolute Gasteiger partial charge is 0.370 e. The third-order valence-electron chi connectivity index (χ3n) is 3.89. The summed E-state index contributed by atoms with van der Waals surface area (Å²) in [6.45, 7) is 2.40. The molecular formula is C18H22N4O2S. The maximum Gasteiger partial charge on any atom is 0.240 e. The van der Waals surface area contributed by atoms with E-state index in [1.54, 1.807) is 24.3 Å². The van der Waals surface area contributed by atoms with Crippen molar-refractivity contribution in [1.29, 1.82) is 0 Å². The van der Waals surface area contributed by atoms with Crippen LogP contribution in [-0.4, -0.2) is 20.4 Å². The topological polar surface area (TPSA) is 96.6 Å². The van der Waals surface area contributed by atoms with Gasteiger partial charge in [0.15, 0.2) is 5.96 Å². The molecule has 2 aromatic rings. The number of aryl methyl sites for hydroxylation is 1. The molecular weight excluding hydrogens is 336 g/mol. The Morgan fingerprint density at radius 3 is 2.36 bits per heavy atom. The quantitative estimate of drug-likeness (QED) is 0.545. The first-order valence-corrected chi connectivity index (χ1v) is 9.65. The first-order chi connectivity index (χ1) is 11.9. The standard InChI is InChI=1S/C18H22N4O2S/c1-13-2-6-15(7-3-13)21-18(19)20-12-14-4-10-17(11-5-14)25(23,24)22-16-8-9-16/h2-7,10-11,16,22H,8-9,12H2,1H3,(H3,19,20,21). The van der Waals surface area contributed by atoms with Gasteiger partial charge in [0.25, 0.3) is 0 Å². The van der Waals surface area contributed by atoms with E-state index in [0.717, 1.165) is 24.1 Å². The Kier molecular flexibility index (Phi) is 5.06. The fraction of sp³-hybridized carbons (Fsp3) is 0.278. The van der Waals surface area contributed by atoms with Gasteiger partial charge in [-0.25, -0.2) is 18.1 Å². The number of hydrogen-bond acceptors (Lipinski definition) is 3. The van der Waals surface area contributed by atoms with E-state index in [2.05, 4.69) is 15.0 Å². The van der Waals surface area contributed by atoms with Gasteiger partial charge in [0.1, 0.15) is 0 Å². The molecule has 6 nitrogen and oxygen atoms in total. The van der Waals surface area contributed by atoms with Crippen molar-refractivity contribution in [3.05, 3.63) is 59.7 Å². The third kappa shape index (κ3) is 5.04. The molecule has 0 bridgehead atoms. The van der Waals surface area contributed by atoms with Crippen LogP contribution in [0.2, 0.25) is 0 Å². The first-order valence-electron chi connectivity index (χ1n) is 8.17. The minimum Gasteiger partial charge on any atom is -0.370 e. The Hall–Kier alpha value is -2.38. The predicted octanol–water partition coefficient (Wildman–Crippen LogP) is 2.36. The van der Waals surface area contributed by atoms with Gasteiger partial charge in [-0.3, -0.25) is 0 Å². The van der Waals surface area contributed by atoms with Gasteiger partial charge in [-0.1, -0.05) is 29.8 Å². The molecule has 0 atom stereocenters. The van der Waals surface area contributed by atoms with Crippen LogP contribution in [0.25, 0.3) is 0 Å². The number of aliphatic imine (C=N–C) groups is 1. The summed E-state index contributed by atoms with van der Waals surface area (Å²) in [7, 11) is -3.41. The summed E-state index contributed by atoms with van der Waals surface area (Å²) >= 11 is 0. The van der Waals surface area contributed by atoms with Crippen LogP contribution >= 0.6 is 0 Å². The molecule has 4 N–H and O–H groups in total. The maximum atomic E-state index is 12.1. The molecule has 2 aromatic carbocycles. The number of sulfonamides is 1. The molecule has 3 rings (SSSR count). The van der Waals surface area contributed by atoms with E-state index in [9.17, 15) is 8.42 Å². The smallest absolute Gasteiger partial charge is 0.240 e. The van der Waals surface area contributed by atoms with Gasteiger partial charge < -0.3 is 11.1 Å². The van der Waals surface area contributed by atoms with Crippen LogP contribution < -0.4 is 15.8 Å². The van der Waals surface area contributed by atoms with Gasteiger partial charge in [0, 0.05) is 11.7 Å². The Bertz CT molecular complexity index is 855. The number of hydrogen-bond donors (Lipinski definition) is 3. The molecule has 1 fully saturated rings. The molecule has 0 spiro atoms. The summed E-state index contributed by atoms with van der Waals surface area (Å²) in [6, 6.07) is 14.7. The number of benzene rings is 2. The van der Waals surface area contributed by atoms with E-state index < -0.39 is 10.0 Å². The van der Waals surface area contributed by atoms with Gasteiger partial charge in [-0.2, -0.15) is 0 Å². The molecule has 0 aromatic heterocycles. The Labute approximate surface area is 148 Å². The van der Waals surface area contributed by atoms with Crippen LogP contribution in [0.4, 0.5) is 5.69 Å². The molecule has 1 aliphatic carbocycles. The first kappa shape index (κ1) is 17.4. The monoisotopic (exact) mass is 358 g/mol. The normalized spacial score (nSPS) is 15.2. The molecule has 0 saturated heterocycles. The predicted molar refractivity (Wildman–Crippen MR) is 99.9 cm³/mol. The summed E-state index contributed by atoms with van der Waals surface area (Å²) in [4.78, 5) is 4.56. The van der Waals surface area contributed by atoms with E-state index in [4.69, 9.17) is 5.73 Å². The zero-order valence-electron chi connectivity index (χ0n) is 14.1. The van der Waals surface area contributed by atoms with Gasteiger partial charge in [-0.15, -0.1) is 0 Å². The molecule has 7 heteroatoms. The molecule has 0 amide bonds. The zero-order valence-corrected chi connectivity index (χ0v) is 14.9. The number of guanidine groups is 1. The highest BCUT2D eigenvalue weighted by Gasteiger charge is 2.27. The van der Waals surface area contributed by atoms with E-state index >= 15 is 0 Å². The third-order valence-corrected chi connectivity index (χ3v) is 5.43. The molecule has 1 saturated carbocycles. The highest BCUT2D eigenvalue weighted by Crippen LogP contribution is 2.22. The zero-order chi connectivity index (χ0) is 17.9. The van der Waals surface area contributed by atoms with E-state index in [0.29, 0.717) is 12.5 Å². The summed E-state index contributed by atoms with van der Waals surface area (Å²) in [6.07, 6.45) is 1.83. The SMILES string of the molecule is Cc1ccc(NC(N)=NCc2ccc(S(=O)(=O)NC3CC3)cc2)cc1. The molecule has 0 aliphatic heterocycles. The minimum absolute atomic E-state index is 0.0990. The molecule has 25 heavy (non-hydrogen) atoms. The molecule has 1 aliphatic rings. The Balaban J connectivity index is 1.59. The number of nitrogens with zero attached hydrogens (tertiary/aromatic N) is 1. The fourth-order valence-electron chi connectivity index (χ4n) is 2.26. The van der Waals surface area contributed by atoms with Crippen LogP contribution in [0.5, 0.6) is 0 Å². The highest BCUT2D eigenvalue weighted by molar-refractivity contribution is 7.89. The molecule has 132 valence electrons. The van der Waals surface area contributed by atoms with Gasteiger partial charge in [0.05, 0.1) is 11.4 Å². The van der Waals surface area contributed by atoms with Crippen molar-refractivity contribution in [3.8, 4) is 0 Å². The fourth-order valence-corrected chi connectivity index (χ4v) is 3.57. The Morgan fingerprint density at radius 1 is 1.12 bits per heavy atom. The van der Waals surface area contributed by atoms with Crippen molar-refractivity contribution >= 4 is 21.7 Å². The number of nitrogens with two attached hydrogens (primary N) is 1. The summed E-state index contributed by atoms with van der Waals surface area (Å²) in [5.74, 6) is 0.316. The number of nitrogens with one attached hydrogen (secondary N) is 2. The van der Waals surface area contributed by atoms with Gasteiger partial charge >= 0.3 is 0 Å². The lowest BCUT2D eigenvalue weighted by Crippen LogP contribution is -2.25. The van der Waals surface area contributed by atoms with Crippen molar-refractivity contribution in [1.82, 2.24) is 4.72 Å². The average molecular weight is 358 g/mol. The van der Waals surface area contributed by atoms with Crippen molar-refractivity contribution in [3.63, 3.8) is 0 Å². The second-order valence-corrected chi connectivity index (χ2v) is 7.95. The van der Waals surface area contributed by atoms with E-state index in [1.807, 2.05) is 31.2 Å². The van der Waals surface area contributed by atoms with Crippen molar-refractivity contribution < 1.29 is 8.42 Å². The second kappa shape index (κ2) is 7.25. The van der Waals surface area contributed by atoms with Crippen molar-refractivity contribution in [2.45, 2.75) is 37.2 Å². The van der Waals surface area contributed by atoms with Crippen LogP contribution in [0.1, 0.15) is 24.0 Å². The number of rotatable bonds is 6. The summed E-state index contributed by atoms with van der Waals surface area (Å²) < 4.78 is 26.9. The lowest BCUT2D eigenvalue weighted by Gasteiger charge is -2.07. The average Bonchev–Trinajstić information content (AvgIpc) is 3.39. The van der Waals surface area contributed by atoms with Crippen molar-refractivity contribution in [2.75, 3.05) is 5.32 Å². The van der Waals surface area contributed by atoms with E-state index in [-0.39, 0.29) is 10.9 Å².